The van der Waals surface area contributed by atoms with Crippen molar-refractivity contribution >= 4 is 6.99 Å². The van der Waals surface area contributed by atoms with Crippen molar-refractivity contribution in [2.45, 2.75) is 26.7 Å². The Hall–Kier alpha value is -0.649. The predicted octanol–water partition coefficient (Wildman–Crippen LogP) is -0.854. The molecule has 0 saturated heterocycles. The monoisotopic (exact) mass is 497 g/mol. The largest absolute Gasteiger partial charge is 1.00 e. The molecule has 0 amide bonds. The van der Waals surface area contributed by atoms with Crippen molar-refractivity contribution in [2.75, 3.05) is 26.2 Å². The number of nitrogens with zero attached hydrogens (tertiary/aromatic N) is 2. The van der Waals surface area contributed by atoms with Crippen LogP contribution < -0.4 is 24.8 Å². The molecule has 6 heteroatoms. The first kappa shape index (κ1) is 29.4. The van der Waals surface area contributed by atoms with Crippen LogP contribution in [0.3, 0.4) is 0 Å². The number of rotatable bonds is 13. The van der Waals surface area contributed by atoms with E-state index in [1.54, 1.807) is 7.76 Å². The molecule has 2 rings (SSSR count). The minimum atomic E-state index is -1.75. The molecule has 0 spiro atoms. The van der Waals surface area contributed by atoms with Gasteiger partial charge in [0.1, 0.15) is 0 Å². The molecule has 0 saturated carbocycles. The van der Waals surface area contributed by atoms with Crippen LogP contribution in [0.1, 0.15) is 26.7 Å². The summed E-state index contributed by atoms with van der Waals surface area (Å²) in [5.74, 6) is 0. The van der Waals surface area contributed by atoms with E-state index in [4.69, 9.17) is 0 Å². The van der Waals surface area contributed by atoms with Crippen molar-refractivity contribution in [3.05, 3.63) is 93.8 Å². The van der Waals surface area contributed by atoms with Crippen molar-refractivity contribution in [1.82, 2.24) is 9.13 Å². The number of halogens is 2. The molecular formula is C24H35Cl2N2SiTi. The van der Waals surface area contributed by atoms with E-state index in [0.29, 0.717) is 0 Å². The van der Waals surface area contributed by atoms with Crippen molar-refractivity contribution in [2.24, 2.45) is 0 Å². The van der Waals surface area contributed by atoms with E-state index in [2.05, 4.69) is 97.9 Å². The second-order valence-corrected chi connectivity index (χ2v) is 17.6. The van der Waals surface area contributed by atoms with E-state index < -0.39 is 24.1 Å². The van der Waals surface area contributed by atoms with E-state index in [1.807, 2.05) is 0 Å². The predicted molar refractivity (Wildman–Crippen MR) is 124 cm³/mol. The minimum Gasteiger partial charge on any atom is -1.00 e. The fourth-order valence-electron chi connectivity index (χ4n) is 4.18. The molecule has 0 atom stereocenters. The van der Waals surface area contributed by atoms with E-state index in [0.717, 1.165) is 39.0 Å². The Balaban J connectivity index is 0.00000420. The van der Waals surface area contributed by atoms with Crippen LogP contribution >= 0.6 is 0 Å². The summed E-state index contributed by atoms with van der Waals surface area (Å²) in [4.78, 5) is 0. The first-order chi connectivity index (χ1) is 13.6. The molecule has 0 radical (unpaired) electrons. The summed E-state index contributed by atoms with van der Waals surface area (Å²) < 4.78 is 8.90. The summed E-state index contributed by atoms with van der Waals surface area (Å²) in [5, 5.41) is 0. The van der Waals surface area contributed by atoms with E-state index in [1.165, 1.54) is 11.1 Å². The van der Waals surface area contributed by atoms with Gasteiger partial charge in [0.15, 0.2) is 0 Å². The zero-order valence-corrected chi connectivity index (χ0v) is 22.6. The summed E-state index contributed by atoms with van der Waals surface area (Å²) >= 11 is -1.75. The van der Waals surface area contributed by atoms with Crippen molar-refractivity contribution < 1.29 is 41.9 Å². The van der Waals surface area contributed by atoms with Crippen molar-refractivity contribution in [1.29, 1.82) is 0 Å². The average Bonchev–Trinajstić information content (AvgIpc) is 3.28. The van der Waals surface area contributed by atoms with Gasteiger partial charge >= 0.3 is 180 Å². The molecule has 2 aliphatic rings. The van der Waals surface area contributed by atoms with Crippen LogP contribution in [0.2, 0.25) is 0 Å². The van der Waals surface area contributed by atoms with E-state index in [-0.39, 0.29) is 24.8 Å². The average molecular weight is 498 g/mol. The number of allylic oxidation sites excluding steroid dienone is 8. The fourth-order valence-corrected chi connectivity index (χ4v) is 21.8. The van der Waals surface area contributed by atoms with Gasteiger partial charge in [-0.25, -0.2) is 0 Å². The quantitative estimate of drug-likeness (QED) is 0.241. The van der Waals surface area contributed by atoms with E-state index >= 15 is 0 Å². The van der Waals surface area contributed by atoms with Crippen LogP contribution in [0.4, 0.5) is 0 Å². The third-order valence-corrected chi connectivity index (χ3v) is 20.7. The van der Waals surface area contributed by atoms with Gasteiger partial charge < -0.3 is 24.8 Å². The van der Waals surface area contributed by atoms with Crippen molar-refractivity contribution in [3.63, 3.8) is 0 Å². The van der Waals surface area contributed by atoms with Crippen LogP contribution in [-0.4, -0.2) is 42.3 Å². The molecule has 0 unspecified atom stereocenters. The first-order valence-electron chi connectivity index (χ1n) is 10.1. The molecule has 0 aromatic carbocycles. The Morgan fingerprint density at radius 1 is 0.767 bits per heavy atom. The van der Waals surface area contributed by atoms with Crippen LogP contribution in [0, 0.1) is 0 Å². The van der Waals surface area contributed by atoms with E-state index in [9.17, 15) is 0 Å². The van der Waals surface area contributed by atoms with Gasteiger partial charge in [0.05, 0.1) is 0 Å². The molecule has 0 aromatic rings. The molecule has 0 aromatic heterocycles. The fraction of sp³-hybridized carbons (Fsp3) is 0.333. The van der Waals surface area contributed by atoms with Crippen LogP contribution in [-0.2, 0) is 17.1 Å². The molecule has 2 aliphatic carbocycles. The second-order valence-electron chi connectivity index (χ2n) is 7.39. The maximum atomic E-state index is 4.06. The second kappa shape index (κ2) is 15.2. The van der Waals surface area contributed by atoms with Gasteiger partial charge in [-0.05, 0) is 0 Å². The first-order valence-corrected chi connectivity index (χ1v) is 16.0. The van der Waals surface area contributed by atoms with Gasteiger partial charge in [-0.1, -0.05) is 0 Å². The topological polar surface area (TPSA) is 6.48 Å². The normalized spacial score (nSPS) is 15.0. The zero-order chi connectivity index (χ0) is 20.5. The van der Waals surface area contributed by atoms with Gasteiger partial charge in [0.25, 0.3) is 0 Å². The maximum Gasteiger partial charge on any atom is -1.00 e. The van der Waals surface area contributed by atoms with Crippen LogP contribution in [0.15, 0.2) is 93.8 Å². The molecular weight excluding hydrogens is 463 g/mol. The maximum absolute atomic E-state index is 4.06. The number of hydrogen-bond donors (Lipinski definition) is 0. The molecule has 0 fully saturated rings. The summed E-state index contributed by atoms with van der Waals surface area (Å²) in [7, 11) is 0. The molecule has 0 heterocycles. The third-order valence-electron chi connectivity index (χ3n) is 5.39. The molecule has 2 nitrogen and oxygen atoms in total. The van der Waals surface area contributed by atoms with Crippen LogP contribution in [0.25, 0.3) is 0 Å². The van der Waals surface area contributed by atoms with Crippen molar-refractivity contribution in [3.8, 4) is 0 Å². The standard InChI is InChI=1S/C12H21N2Si.2C6H7.2ClH.Ti/c1-5-9-13(10-6-2)15-14(11-7-3)12-8-4;2*1-6-4-2-3-5-6;;;/h5-8,15H,1-4,9-12H2;2*2,4H,3H2,1H3;2*1H;/q;;;;;+2/p-2. The van der Waals surface area contributed by atoms with Gasteiger partial charge in [-0.2, -0.15) is 0 Å². The van der Waals surface area contributed by atoms with Crippen LogP contribution in [0.5, 0.6) is 0 Å². The zero-order valence-electron chi connectivity index (χ0n) is 18.4. The Bertz CT molecular complexity index is 659. The summed E-state index contributed by atoms with van der Waals surface area (Å²) in [6, 6.07) is 0. The Morgan fingerprint density at radius 3 is 1.33 bits per heavy atom. The van der Waals surface area contributed by atoms with Gasteiger partial charge in [0, 0.05) is 0 Å². The molecule has 163 valence electrons. The molecule has 0 aliphatic heterocycles. The smallest absolute Gasteiger partial charge is 1.00 e. The third kappa shape index (κ3) is 7.20. The Labute approximate surface area is 203 Å². The Morgan fingerprint density at radius 2 is 1.10 bits per heavy atom. The minimum absolute atomic E-state index is 0. The number of hydrogen-bond acceptors (Lipinski definition) is 2. The summed E-state index contributed by atoms with van der Waals surface area (Å²) in [5.41, 5.74) is 3.02. The van der Waals surface area contributed by atoms with Gasteiger partial charge in [-0.15, -0.1) is 0 Å². The Kier molecular flexibility index (Phi) is 14.9. The van der Waals surface area contributed by atoms with Gasteiger partial charge in [-0.3, -0.25) is 0 Å². The SMILES string of the molecule is C=CCN(CC=C)[SiH](N(CC=C)CC=C)[Ti+2]([C]1=C(C)C=CC1)[C]1=C(C)C=CC1.[Cl-].[Cl-]. The summed E-state index contributed by atoms with van der Waals surface area (Å²) in [6.07, 6.45) is 19.9. The molecule has 30 heavy (non-hydrogen) atoms. The molecule has 0 bridgehead atoms. The van der Waals surface area contributed by atoms with Gasteiger partial charge in [0.2, 0.25) is 0 Å². The summed E-state index contributed by atoms with van der Waals surface area (Å²) in [6.45, 7) is 23.1. The molecule has 0 N–H and O–H groups in total.